The van der Waals surface area contributed by atoms with Crippen LogP contribution in [-0.2, 0) is 11.2 Å². The molecule has 4 nitrogen and oxygen atoms in total. The Morgan fingerprint density at radius 3 is 2.70 bits per heavy atom. The third kappa shape index (κ3) is 4.23. The van der Waals surface area contributed by atoms with Gasteiger partial charge in [0.25, 0.3) is 0 Å². The molecule has 2 unspecified atom stereocenters. The summed E-state index contributed by atoms with van der Waals surface area (Å²) in [5.41, 5.74) is 1.16. The number of benzene rings is 1. The molecule has 0 aliphatic heterocycles. The highest BCUT2D eigenvalue weighted by molar-refractivity contribution is 5.81. The van der Waals surface area contributed by atoms with Gasteiger partial charge in [-0.25, -0.2) is 0 Å². The first kappa shape index (κ1) is 14.9. The highest BCUT2D eigenvalue weighted by Crippen LogP contribution is 2.20. The van der Waals surface area contributed by atoms with Gasteiger partial charge < -0.3 is 15.4 Å². The van der Waals surface area contributed by atoms with Crippen molar-refractivity contribution in [2.75, 3.05) is 7.11 Å². The second kappa shape index (κ2) is 6.75. The van der Waals surface area contributed by atoms with Gasteiger partial charge in [-0.1, -0.05) is 18.2 Å². The van der Waals surface area contributed by atoms with Crippen molar-refractivity contribution < 1.29 is 9.53 Å². The fourth-order valence-corrected chi connectivity index (χ4v) is 2.32. The number of ether oxygens (including phenoxy) is 1. The molecule has 0 bridgehead atoms. The molecule has 0 saturated heterocycles. The quantitative estimate of drug-likeness (QED) is 0.799. The first-order chi connectivity index (χ1) is 9.60. The van der Waals surface area contributed by atoms with Crippen LogP contribution in [0.15, 0.2) is 24.3 Å². The Hall–Kier alpha value is -1.55. The summed E-state index contributed by atoms with van der Waals surface area (Å²) in [5, 5.41) is 6.36. The van der Waals surface area contributed by atoms with Crippen LogP contribution in [-0.4, -0.2) is 31.1 Å². The van der Waals surface area contributed by atoms with Gasteiger partial charge in [0.05, 0.1) is 13.2 Å². The molecule has 0 heterocycles. The molecule has 2 rings (SSSR count). The largest absolute Gasteiger partial charge is 0.496 e. The minimum Gasteiger partial charge on any atom is -0.496 e. The monoisotopic (exact) mass is 276 g/mol. The molecule has 1 amide bonds. The standard InChI is InChI=1S/C16H24N2O2/c1-11(10-13-6-4-5-7-15(13)20-3)17-12(2)16(19)18-14-8-9-14/h4-7,11-12,14,17H,8-10H2,1-3H3,(H,18,19). The SMILES string of the molecule is COc1ccccc1CC(C)NC(C)C(=O)NC1CC1. The zero-order valence-corrected chi connectivity index (χ0v) is 12.5. The van der Waals surface area contributed by atoms with E-state index in [1.165, 1.54) is 0 Å². The Morgan fingerprint density at radius 2 is 2.05 bits per heavy atom. The number of rotatable bonds is 7. The van der Waals surface area contributed by atoms with Crippen LogP contribution in [0.5, 0.6) is 5.75 Å². The molecule has 1 fully saturated rings. The highest BCUT2D eigenvalue weighted by Gasteiger charge is 2.26. The molecule has 0 radical (unpaired) electrons. The smallest absolute Gasteiger partial charge is 0.237 e. The Morgan fingerprint density at radius 1 is 1.35 bits per heavy atom. The molecule has 2 N–H and O–H groups in total. The van der Waals surface area contributed by atoms with Gasteiger partial charge in [0.15, 0.2) is 0 Å². The van der Waals surface area contributed by atoms with Gasteiger partial charge in [0.1, 0.15) is 5.75 Å². The van der Waals surface area contributed by atoms with Gasteiger partial charge in [0.2, 0.25) is 5.91 Å². The average Bonchev–Trinajstić information content (AvgIpc) is 3.23. The molecule has 1 aliphatic rings. The number of hydrogen-bond acceptors (Lipinski definition) is 3. The minimum atomic E-state index is -0.166. The van der Waals surface area contributed by atoms with Crippen LogP contribution < -0.4 is 15.4 Å². The third-order valence-corrected chi connectivity index (χ3v) is 3.57. The van der Waals surface area contributed by atoms with Crippen molar-refractivity contribution in [2.45, 2.75) is 51.2 Å². The topological polar surface area (TPSA) is 50.4 Å². The number of hydrogen-bond donors (Lipinski definition) is 2. The van der Waals surface area contributed by atoms with Crippen molar-refractivity contribution in [3.8, 4) is 5.75 Å². The Labute approximate surface area is 120 Å². The van der Waals surface area contributed by atoms with E-state index in [9.17, 15) is 4.79 Å². The first-order valence-corrected chi connectivity index (χ1v) is 7.28. The summed E-state index contributed by atoms with van der Waals surface area (Å²) in [4.78, 5) is 11.9. The van der Waals surface area contributed by atoms with Crippen molar-refractivity contribution in [3.63, 3.8) is 0 Å². The van der Waals surface area contributed by atoms with Crippen LogP contribution in [0.2, 0.25) is 0 Å². The molecular formula is C16H24N2O2. The van der Waals surface area contributed by atoms with Crippen molar-refractivity contribution in [2.24, 2.45) is 0 Å². The lowest BCUT2D eigenvalue weighted by molar-refractivity contribution is -0.123. The van der Waals surface area contributed by atoms with Crippen molar-refractivity contribution in [1.29, 1.82) is 0 Å². The van der Waals surface area contributed by atoms with Gasteiger partial charge >= 0.3 is 0 Å². The van der Waals surface area contributed by atoms with E-state index in [-0.39, 0.29) is 18.0 Å². The second-order valence-electron chi connectivity index (χ2n) is 5.59. The van der Waals surface area contributed by atoms with Gasteiger partial charge in [-0.3, -0.25) is 4.79 Å². The summed E-state index contributed by atoms with van der Waals surface area (Å²) < 4.78 is 5.35. The fourth-order valence-electron chi connectivity index (χ4n) is 2.32. The highest BCUT2D eigenvalue weighted by atomic mass is 16.5. The predicted molar refractivity (Wildman–Crippen MR) is 79.9 cm³/mol. The van der Waals surface area contributed by atoms with Crippen LogP contribution in [0.25, 0.3) is 0 Å². The zero-order valence-electron chi connectivity index (χ0n) is 12.5. The maximum Gasteiger partial charge on any atom is 0.237 e. The van der Waals surface area contributed by atoms with E-state index in [2.05, 4.69) is 23.6 Å². The van der Waals surface area contributed by atoms with E-state index in [1.54, 1.807) is 7.11 Å². The van der Waals surface area contributed by atoms with Crippen molar-refractivity contribution in [1.82, 2.24) is 10.6 Å². The first-order valence-electron chi connectivity index (χ1n) is 7.28. The lowest BCUT2D eigenvalue weighted by Crippen LogP contribution is -2.46. The predicted octanol–water partition coefficient (Wildman–Crippen LogP) is 1.88. The molecule has 4 heteroatoms. The molecule has 1 aliphatic carbocycles. The summed E-state index contributed by atoms with van der Waals surface area (Å²) in [7, 11) is 1.68. The van der Waals surface area contributed by atoms with E-state index >= 15 is 0 Å². The van der Waals surface area contributed by atoms with Crippen molar-refractivity contribution in [3.05, 3.63) is 29.8 Å². The van der Waals surface area contributed by atoms with Crippen LogP contribution in [0.1, 0.15) is 32.3 Å². The summed E-state index contributed by atoms with van der Waals surface area (Å²) in [6.45, 7) is 4.00. The molecule has 1 aromatic carbocycles. The number of carbonyl (C=O) groups is 1. The summed E-state index contributed by atoms with van der Waals surface area (Å²) in [5.74, 6) is 0.996. The van der Waals surface area contributed by atoms with E-state index < -0.39 is 0 Å². The number of para-hydroxylation sites is 1. The number of carbonyl (C=O) groups excluding carboxylic acids is 1. The molecule has 1 aromatic rings. The molecule has 110 valence electrons. The van der Waals surface area contributed by atoms with E-state index in [0.29, 0.717) is 6.04 Å². The molecular weight excluding hydrogens is 252 g/mol. The second-order valence-corrected chi connectivity index (χ2v) is 5.59. The van der Waals surface area contributed by atoms with Gasteiger partial charge in [-0.2, -0.15) is 0 Å². The number of amides is 1. The number of methoxy groups -OCH3 is 1. The molecule has 20 heavy (non-hydrogen) atoms. The van der Waals surface area contributed by atoms with Crippen LogP contribution >= 0.6 is 0 Å². The van der Waals surface area contributed by atoms with Crippen molar-refractivity contribution >= 4 is 5.91 Å². The summed E-state index contributed by atoms with van der Waals surface area (Å²) in [6, 6.07) is 8.46. The number of nitrogens with one attached hydrogen (secondary N) is 2. The van der Waals surface area contributed by atoms with Gasteiger partial charge in [0, 0.05) is 12.1 Å². The Bertz CT molecular complexity index is 458. The fraction of sp³-hybridized carbons (Fsp3) is 0.562. The van der Waals surface area contributed by atoms with Gasteiger partial charge in [-0.05, 0) is 44.7 Å². The van der Waals surface area contributed by atoms with Crippen LogP contribution in [0, 0.1) is 0 Å². The minimum absolute atomic E-state index is 0.0966. The van der Waals surface area contributed by atoms with E-state index in [1.807, 2.05) is 25.1 Å². The van der Waals surface area contributed by atoms with Gasteiger partial charge in [-0.15, -0.1) is 0 Å². The average molecular weight is 276 g/mol. The zero-order chi connectivity index (χ0) is 14.5. The van der Waals surface area contributed by atoms with E-state index in [4.69, 9.17) is 4.74 Å². The lowest BCUT2D eigenvalue weighted by atomic mass is 10.1. The third-order valence-electron chi connectivity index (χ3n) is 3.57. The molecule has 2 atom stereocenters. The Kier molecular flexibility index (Phi) is 5.01. The maximum absolute atomic E-state index is 11.9. The molecule has 0 spiro atoms. The normalized spacial score (nSPS) is 17.4. The summed E-state index contributed by atoms with van der Waals surface area (Å²) in [6.07, 6.45) is 3.08. The maximum atomic E-state index is 11.9. The van der Waals surface area contributed by atoms with Crippen LogP contribution in [0.3, 0.4) is 0 Å². The molecule has 1 saturated carbocycles. The molecule has 0 aromatic heterocycles. The summed E-state index contributed by atoms with van der Waals surface area (Å²) >= 11 is 0. The van der Waals surface area contributed by atoms with Crippen LogP contribution in [0.4, 0.5) is 0 Å². The van der Waals surface area contributed by atoms with E-state index in [0.717, 1.165) is 30.6 Å². The lowest BCUT2D eigenvalue weighted by Gasteiger charge is -2.20. The Balaban J connectivity index is 1.84.